The molecule has 3 nitrogen and oxygen atoms in total. The molecule has 0 aromatic heterocycles. The summed E-state index contributed by atoms with van der Waals surface area (Å²) >= 11 is 0. The summed E-state index contributed by atoms with van der Waals surface area (Å²) in [5.41, 5.74) is 1.27. The van der Waals surface area contributed by atoms with Crippen LogP contribution in [0.2, 0.25) is 0 Å². The van der Waals surface area contributed by atoms with Gasteiger partial charge in [-0.25, -0.2) is 0 Å². The van der Waals surface area contributed by atoms with E-state index >= 15 is 0 Å². The van der Waals surface area contributed by atoms with Gasteiger partial charge in [-0.15, -0.1) is 0 Å². The van der Waals surface area contributed by atoms with E-state index in [0.29, 0.717) is 12.6 Å². The van der Waals surface area contributed by atoms with Crippen molar-refractivity contribution in [3.05, 3.63) is 35.9 Å². The third kappa shape index (κ3) is 4.97. The molecule has 0 atom stereocenters. The van der Waals surface area contributed by atoms with Gasteiger partial charge in [-0.1, -0.05) is 50.1 Å². The molecule has 1 saturated carbocycles. The maximum atomic E-state index is 12.1. The molecule has 1 aliphatic rings. The third-order valence-corrected chi connectivity index (χ3v) is 3.88. The number of rotatable bonds is 7. The summed E-state index contributed by atoms with van der Waals surface area (Å²) in [6, 6.07) is 10.8. The fourth-order valence-electron chi connectivity index (χ4n) is 2.92. The lowest BCUT2D eigenvalue weighted by molar-refractivity contribution is -0.123. The van der Waals surface area contributed by atoms with E-state index in [4.69, 9.17) is 0 Å². The Kier molecular flexibility index (Phi) is 6.06. The average molecular weight is 274 g/mol. The summed E-state index contributed by atoms with van der Waals surface area (Å²) in [5, 5.41) is 3.17. The van der Waals surface area contributed by atoms with Gasteiger partial charge in [-0.3, -0.25) is 9.69 Å². The number of nitrogens with zero attached hydrogens (tertiary/aromatic N) is 1. The van der Waals surface area contributed by atoms with Crippen LogP contribution in [0.25, 0.3) is 0 Å². The molecule has 0 saturated heterocycles. The largest absolute Gasteiger partial charge is 0.352 e. The van der Waals surface area contributed by atoms with Crippen molar-refractivity contribution in [2.24, 2.45) is 0 Å². The van der Waals surface area contributed by atoms with E-state index in [9.17, 15) is 4.79 Å². The van der Waals surface area contributed by atoms with Crippen LogP contribution in [0.4, 0.5) is 0 Å². The summed E-state index contributed by atoms with van der Waals surface area (Å²) in [4.78, 5) is 14.4. The predicted molar refractivity (Wildman–Crippen MR) is 82.4 cm³/mol. The Bertz CT molecular complexity index is 399. The zero-order valence-electron chi connectivity index (χ0n) is 12.5. The highest BCUT2D eigenvalue weighted by Gasteiger charge is 2.18. The van der Waals surface area contributed by atoms with Crippen LogP contribution in [0.3, 0.4) is 0 Å². The number of carbonyl (C=O) groups excluding carboxylic acids is 1. The second-order valence-electron chi connectivity index (χ2n) is 5.75. The molecule has 1 N–H and O–H groups in total. The van der Waals surface area contributed by atoms with Crippen LogP contribution in [0.1, 0.15) is 44.6 Å². The average Bonchev–Trinajstić information content (AvgIpc) is 2.93. The van der Waals surface area contributed by atoms with Gasteiger partial charge in [0.2, 0.25) is 5.91 Å². The smallest absolute Gasteiger partial charge is 0.234 e. The Hall–Kier alpha value is -1.35. The van der Waals surface area contributed by atoms with Crippen molar-refractivity contribution in [3.63, 3.8) is 0 Å². The van der Waals surface area contributed by atoms with Crippen molar-refractivity contribution in [1.82, 2.24) is 10.2 Å². The van der Waals surface area contributed by atoms with Crippen molar-refractivity contribution in [2.75, 3.05) is 13.1 Å². The van der Waals surface area contributed by atoms with Gasteiger partial charge in [0.05, 0.1) is 6.54 Å². The van der Waals surface area contributed by atoms with E-state index in [-0.39, 0.29) is 5.91 Å². The molecule has 2 rings (SSSR count). The summed E-state index contributed by atoms with van der Waals surface area (Å²) in [7, 11) is 0. The Labute approximate surface area is 122 Å². The lowest BCUT2D eigenvalue weighted by atomic mass is 10.2. The molecule has 3 heteroatoms. The van der Waals surface area contributed by atoms with Gasteiger partial charge in [0.25, 0.3) is 0 Å². The normalized spacial score (nSPS) is 15.7. The molecule has 1 amide bonds. The molecular formula is C17H26N2O. The molecule has 1 aromatic rings. The summed E-state index contributed by atoms with van der Waals surface area (Å²) in [6.45, 7) is 4.49. The molecule has 20 heavy (non-hydrogen) atoms. The topological polar surface area (TPSA) is 32.3 Å². The van der Waals surface area contributed by atoms with E-state index < -0.39 is 0 Å². The SMILES string of the molecule is CCCN(CC(=O)NC1CCCC1)Cc1ccccc1. The highest BCUT2D eigenvalue weighted by Crippen LogP contribution is 2.17. The minimum Gasteiger partial charge on any atom is -0.352 e. The Balaban J connectivity index is 1.83. The van der Waals surface area contributed by atoms with E-state index in [1.165, 1.54) is 18.4 Å². The lowest BCUT2D eigenvalue weighted by Gasteiger charge is -2.22. The van der Waals surface area contributed by atoms with Crippen LogP contribution in [-0.2, 0) is 11.3 Å². The number of hydrogen-bond acceptors (Lipinski definition) is 2. The molecule has 1 aliphatic carbocycles. The molecule has 0 bridgehead atoms. The maximum Gasteiger partial charge on any atom is 0.234 e. The van der Waals surface area contributed by atoms with Gasteiger partial charge >= 0.3 is 0 Å². The monoisotopic (exact) mass is 274 g/mol. The molecule has 0 heterocycles. The second kappa shape index (κ2) is 8.05. The molecule has 0 unspecified atom stereocenters. The van der Waals surface area contributed by atoms with Crippen molar-refractivity contribution < 1.29 is 4.79 Å². The van der Waals surface area contributed by atoms with Crippen LogP contribution in [-0.4, -0.2) is 29.9 Å². The minimum absolute atomic E-state index is 0.182. The molecular weight excluding hydrogens is 248 g/mol. The van der Waals surface area contributed by atoms with E-state index in [1.807, 2.05) is 6.07 Å². The Morgan fingerprint density at radius 3 is 2.60 bits per heavy atom. The highest BCUT2D eigenvalue weighted by molar-refractivity contribution is 5.78. The van der Waals surface area contributed by atoms with E-state index in [1.54, 1.807) is 0 Å². The molecule has 0 radical (unpaired) electrons. The van der Waals surface area contributed by atoms with Crippen molar-refractivity contribution >= 4 is 5.91 Å². The summed E-state index contributed by atoms with van der Waals surface area (Å²) in [5.74, 6) is 0.182. The number of carbonyl (C=O) groups is 1. The van der Waals surface area contributed by atoms with Crippen molar-refractivity contribution in [1.29, 1.82) is 0 Å². The van der Waals surface area contributed by atoms with Gasteiger partial charge in [-0.2, -0.15) is 0 Å². The Morgan fingerprint density at radius 2 is 1.95 bits per heavy atom. The first kappa shape index (κ1) is 15.0. The fourth-order valence-corrected chi connectivity index (χ4v) is 2.92. The molecule has 110 valence electrons. The van der Waals surface area contributed by atoms with Crippen molar-refractivity contribution in [3.8, 4) is 0 Å². The zero-order valence-corrected chi connectivity index (χ0v) is 12.5. The fraction of sp³-hybridized carbons (Fsp3) is 0.588. The molecule has 1 aromatic carbocycles. The van der Waals surface area contributed by atoms with Crippen LogP contribution < -0.4 is 5.32 Å². The first-order valence-corrected chi connectivity index (χ1v) is 7.83. The third-order valence-electron chi connectivity index (χ3n) is 3.88. The number of benzene rings is 1. The van der Waals surface area contributed by atoms with Gasteiger partial charge in [0.15, 0.2) is 0 Å². The van der Waals surface area contributed by atoms with Crippen LogP contribution in [0.5, 0.6) is 0 Å². The van der Waals surface area contributed by atoms with Crippen molar-refractivity contribution in [2.45, 2.75) is 51.6 Å². The zero-order chi connectivity index (χ0) is 14.2. The highest BCUT2D eigenvalue weighted by atomic mass is 16.2. The maximum absolute atomic E-state index is 12.1. The molecule has 0 spiro atoms. The quantitative estimate of drug-likeness (QED) is 0.829. The Morgan fingerprint density at radius 1 is 1.25 bits per heavy atom. The first-order valence-electron chi connectivity index (χ1n) is 7.83. The van der Waals surface area contributed by atoms with Gasteiger partial charge < -0.3 is 5.32 Å². The van der Waals surface area contributed by atoms with Gasteiger partial charge in [0, 0.05) is 12.6 Å². The molecule has 1 fully saturated rings. The summed E-state index contributed by atoms with van der Waals surface area (Å²) in [6.07, 6.45) is 5.89. The summed E-state index contributed by atoms with van der Waals surface area (Å²) < 4.78 is 0. The van der Waals surface area contributed by atoms with E-state index in [0.717, 1.165) is 32.4 Å². The number of hydrogen-bond donors (Lipinski definition) is 1. The number of nitrogens with one attached hydrogen (secondary N) is 1. The first-order chi connectivity index (χ1) is 9.78. The number of amides is 1. The van der Waals surface area contributed by atoms with Crippen LogP contribution >= 0.6 is 0 Å². The second-order valence-corrected chi connectivity index (χ2v) is 5.75. The minimum atomic E-state index is 0.182. The molecule has 0 aliphatic heterocycles. The predicted octanol–water partition coefficient (Wildman–Crippen LogP) is 2.96. The van der Waals surface area contributed by atoms with Gasteiger partial charge in [0.1, 0.15) is 0 Å². The lowest BCUT2D eigenvalue weighted by Crippen LogP contribution is -2.41. The van der Waals surface area contributed by atoms with Crippen LogP contribution in [0.15, 0.2) is 30.3 Å². The standard InChI is InChI=1S/C17H26N2O/c1-2-12-19(13-15-8-4-3-5-9-15)14-17(20)18-16-10-6-7-11-16/h3-5,8-9,16H,2,6-7,10-14H2,1H3,(H,18,20). The van der Waals surface area contributed by atoms with E-state index in [2.05, 4.69) is 41.4 Å². The van der Waals surface area contributed by atoms with Crippen LogP contribution in [0, 0.1) is 0 Å². The van der Waals surface area contributed by atoms with Gasteiger partial charge in [-0.05, 0) is 31.4 Å².